The molecule has 0 bridgehead atoms. The van der Waals surface area contributed by atoms with Crippen molar-refractivity contribution in [2.24, 2.45) is 17.8 Å². The minimum absolute atomic E-state index is 0. The topological polar surface area (TPSA) is 0 Å². The van der Waals surface area contributed by atoms with Crippen LogP contribution in [0.4, 0.5) is 21.7 Å². The fourth-order valence-electron chi connectivity index (χ4n) is 2.49. The van der Waals surface area contributed by atoms with Crippen molar-refractivity contribution in [1.82, 2.24) is 0 Å². The molecule has 0 heterocycles. The number of hydrogen-bond donors (Lipinski definition) is 0. The molecule has 0 amide bonds. The Bertz CT molecular complexity index is 215. The average molecular weight is 238 g/mol. The first-order valence-electron chi connectivity index (χ1n) is 4.39. The zero-order valence-electron chi connectivity index (χ0n) is 7.82. The second kappa shape index (κ2) is 3.98. The predicted octanol–water partition coefficient (Wildman–Crippen LogP) is 0.129. The first-order chi connectivity index (χ1) is 5.81. The van der Waals surface area contributed by atoms with Gasteiger partial charge >= 0.3 is 58.4 Å². The van der Waals surface area contributed by atoms with Gasteiger partial charge in [-0.1, -0.05) is 12.2 Å². The Morgan fingerprint density at radius 1 is 1.07 bits per heavy atom. The Kier molecular flexibility index (Phi) is 3.81. The molecule has 0 N–H and O–H groups in total. The molecule has 0 aromatic carbocycles. The van der Waals surface area contributed by atoms with E-state index in [-0.39, 0.29) is 64.2 Å². The largest absolute Gasteiger partial charge is 1.00 e. The van der Waals surface area contributed by atoms with E-state index in [1.165, 1.54) is 0 Å². The second-order valence-electron chi connectivity index (χ2n) is 4.17. The van der Waals surface area contributed by atoms with Crippen LogP contribution >= 0.6 is 0 Å². The van der Waals surface area contributed by atoms with Crippen LogP contribution in [0.25, 0.3) is 0 Å². The summed E-state index contributed by atoms with van der Waals surface area (Å²) in [6.45, 7) is -4.79. The van der Waals surface area contributed by atoms with Gasteiger partial charge in [-0.3, -0.25) is 0 Å². The van der Waals surface area contributed by atoms with Crippen LogP contribution in [0, 0.1) is 17.8 Å². The fourth-order valence-corrected chi connectivity index (χ4v) is 2.49. The van der Waals surface area contributed by atoms with E-state index in [4.69, 9.17) is 0 Å². The standard InChI is InChI=1S/C7H9BF5.K/c9-7(10)5-1-4(2-6(5)7)3-8(11,12)13;/h4-6H,1-3H2;/q-1;+1. The third-order valence-electron chi connectivity index (χ3n) is 3.14. The molecule has 2 aliphatic carbocycles. The van der Waals surface area contributed by atoms with Gasteiger partial charge in [0.15, 0.2) is 0 Å². The minimum atomic E-state index is -4.79. The van der Waals surface area contributed by atoms with Crippen LogP contribution in [0.5, 0.6) is 0 Å². The summed E-state index contributed by atoms with van der Waals surface area (Å²) in [5.41, 5.74) is 0. The van der Waals surface area contributed by atoms with Crippen LogP contribution in [0.1, 0.15) is 12.8 Å². The summed E-state index contributed by atoms with van der Waals surface area (Å²) >= 11 is 0. The van der Waals surface area contributed by atoms with E-state index in [0.717, 1.165) is 0 Å². The van der Waals surface area contributed by atoms with E-state index in [0.29, 0.717) is 0 Å². The van der Waals surface area contributed by atoms with E-state index < -0.39 is 37.0 Å². The van der Waals surface area contributed by atoms with Crippen LogP contribution in [0.15, 0.2) is 0 Å². The third kappa shape index (κ3) is 2.53. The van der Waals surface area contributed by atoms with Crippen molar-refractivity contribution in [3.05, 3.63) is 0 Å². The third-order valence-corrected chi connectivity index (χ3v) is 3.14. The van der Waals surface area contributed by atoms with Gasteiger partial charge in [-0.2, -0.15) is 0 Å². The maximum Gasteiger partial charge on any atom is 1.00 e. The van der Waals surface area contributed by atoms with Crippen molar-refractivity contribution in [2.45, 2.75) is 25.1 Å². The first kappa shape index (κ1) is 13.4. The predicted molar refractivity (Wildman–Crippen MR) is 38.5 cm³/mol. The second-order valence-corrected chi connectivity index (χ2v) is 4.17. The number of rotatable bonds is 2. The van der Waals surface area contributed by atoms with Crippen LogP contribution in [0.2, 0.25) is 6.32 Å². The van der Waals surface area contributed by atoms with E-state index in [9.17, 15) is 21.7 Å². The average Bonchev–Trinajstić information content (AvgIpc) is 2.38. The number of alkyl halides is 2. The summed E-state index contributed by atoms with van der Waals surface area (Å²) in [6.07, 6.45) is -0.694. The molecule has 2 unspecified atom stereocenters. The molecule has 14 heavy (non-hydrogen) atoms. The molecule has 0 aliphatic heterocycles. The SMILES string of the molecule is F[B-](F)(F)CC1CC2C(C1)C2(F)F.[K+]. The number of halogens is 5. The molecule has 2 saturated carbocycles. The monoisotopic (exact) mass is 238 g/mol. The summed E-state index contributed by atoms with van der Waals surface area (Å²) < 4.78 is 60.9. The van der Waals surface area contributed by atoms with Crippen LogP contribution in [-0.2, 0) is 0 Å². The van der Waals surface area contributed by atoms with Gasteiger partial charge in [0, 0.05) is 11.8 Å². The molecule has 0 aromatic heterocycles. The zero-order valence-corrected chi connectivity index (χ0v) is 10.9. The molecular weight excluding hydrogens is 229 g/mol. The van der Waals surface area contributed by atoms with Gasteiger partial charge < -0.3 is 12.9 Å². The molecular formula is C7H9BF5K. The van der Waals surface area contributed by atoms with Gasteiger partial charge in [-0.15, -0.1) is 0 Å². The van der Waals surface area contributed by atoms with Gasteiger partial charge in [0.1, 0.15) is 0 Å². The van der Waals surface area contributed by atoms with Crippen molar-refractivity contribution >= 4 is 6.98 Å². The Morgan fingerprint density at radius 3 is 1.86 bits per heavy atom. The van der Waals surface area contributed by atoms with Crippen molar-refractivity contribution in [2.75, 3.05) is 0 Å². The summed E-state index contributed by atoms with van der Waals surface area (Å²) in [6, 6.07) is 0. The molecule has 2 fully saturated rings. The van der Waals surface area contributed by atoms with Crippen LogP contribution < -0.4 is 51.4 Å². The van der Waals surface area contributed by atoms with E-state index >= 15 is 0 Å². The molecule has 2 atom stereocenters. The Hall–Kier alpha value is 1.35. The number of hydrogen-bond acceptors (Lipinski definition) is 0. The summed E-state index contributed by atoms with van der Waals surface area (Å²) in [5, 5.41) is 0. The van der Waals surface area contributed by atoms with Crippen LogP contribution in [0.3, 0.4) is 0 Å². The van der Waals surface area contributed by atoms with Gasteiger partial charge in [0.2, 0.25) is 0 Å². The molecule has 0 radical (unpaired) electrons. The summed E-state index contributed by atoms with van der Waals surface area (Å²) in [5.74, 6) is -4.66. The van der Waals surface area contributed by atoms with E-state index in [1.807, 2.05) is 0 Å². The molecule has 2 rings (SSSR count). The molecule has 0 nitrogen and oxygen atoms in total. The van der Waals surface area contributed by atoms with Gasteiger partial charge in [-0.05, 0) is 12.8 Å². The minimum Gasteiger partial charge on any atom is -0.449 e. The quantitative estimate of drug-likeness (QED) is 0.474. The van der Waals surface area contributed by atoms with Gasteiger partial charge in [0.05, 0.1) is 0 Å². The van der Waals surface area contributed by atoms with Crippen LogP contribution in [-0.4, -0.2) is 12.9 Å². The Balaban J connectivity index is 0.000000980. The van der Waals surface area contributed by atoms with Gasteiger partial charge in [0.25, 0.3) is 5.92 Å². The summed E-state index contributed by atoms with van der Waals surface area (Å²) in [4.78, 5) is 0. The molecule has 0 spiro atoms. The van der Waals surface area contributed by atoms with Gasteiger partial charge in [-0.25, -0.2) is 8.78 Å². The maximum absolute atomic E-state index is 12.6. The number of fused-ring (bicyclic) bond motifs is 1. The Morgan fingerprint density at radius 2 is 1.50 bits per heavy atom. The first-order valence-corrected chi connectivity index (χ1v) is 4.39. The van der Waals surface area contributed by atoms with E-state index in [2.05, 4.69) is 0 Å². The van der Waals surface area contributed by atoms with Crippen molar-refractivity contribution in [3.8, 4) is 0 Å². The van der Waals surface area contributed by atoms with Crippen molar-refractivity contribution in [3.63, 3.8) is 0 Å². The van der Waals surface area contributed by atoms with Crippen molar-refractivity contribution in [1.29, 1.82) is 0 Å². The zero-order chi connectivity index (χ0) is 9.85. The molecule has 2 aliphatic rings. The summed E-state index contributed by atoms with van der Waals surface area (Å²) in [7, 11) is 0. The maximum atomic E-state index is 12.6. The smallest absolute Gasteiger partial charge is 0.449 e. The molecule has 0 saturated heterocycles. The fraction of sp³-hybridized carbons (Fsp3) is 1.00. The molecule has 76 valence electrons. The molecule has 7 heteroatoms. The molecule has 0 aromatic rings. The normalized spacial score (nSPS) is 38.8. The van der Waals surface area contributed by atoms with E-state index in [1.54, 1.807) is 0 Å². The van der Waals surface area contributed by atoms with Crippen molar-refractivity contribution < 1.29 is 73.1 Å². The Labute approximate surface area is 121 Å².